The highest BCUT2D eigenvalue weighted by Crippen LogP contribution is 2.14. The van der Waals surface area contributed by atoms with Crippen molar-refractivity contribution in [2.75, 3.05) is 66.5 Å². The van der Waals surface area contributed by atoms with Gasteiger partial charge in [0, 0.05) is 66.3 Å². The summed E-state index contributed by atoms with van der Waals surface area (Å²) in [5.41, 5.74) is 0. The molecule has 1 atom stereocenters. The number of carbonyl (C=O) groups excluding carboxylic acids is 2. The Morgan fingerprint density at radius 3 is 2.41 bits per heavy atom. The Bertz CT molecular complexity index is 741. The van der Waals surface area contributed by atoms with Gasteiger partial charge in [0.1, 0.15) is 12.3 Å². The van der Waals surface area contributed by atoms with E-state index in [0.29, 0.717) is 6.54 Å². The minimum Gasteiger partial charge on any atom is -0.469 e. The lowest BCUT2D eigenvalue weighted by Gasteiger charge is -2.39. The minimum absolute atomic E-state index is 0. The molecule has 180 valence electrons. The lowest BCUT2D eigenvalue weighted by atomic mass is 10.2. The van der Waals surface area contributed by atoms with Crippen LogP contribution >= 0.6 is 24.0 Å². The average molecular weight is 560 g/mol. The second kappa shape index (κ2) is 13.0. The Morgan fingerprint density at radius 1 is 1.12 bits per heavy atom. The zero-order chi connectivity index (χ0) is 22.2. The van der Waals surface area contributed by atoms with E-state index < -0.39 is 0 Å². The van der Waals surface area contributed by atoms with Crippen molar-refractivity contribution in [3.8, 4) is 0 Å². The molecule has 2 aliphatic rings. The largest absolute Gasteiger partial charge is 0.469 e. The zero-order valence-electron chi connectivity index (χ0n) is 19.5. The molecule has 1 unspecified atom stereocenters. The van der Waals surface area contributed by atoms with Crippen LogP contribution in [0.2, 0.25) is 0 Å². The lowest BCUT2D eigenvalue weighted by Crippen LogP contribution is -2.57. The molecule has 32 heavy (non-hydrogen) atoms. The number of halogens is 1. The molecule has 9 nitrogen and oxygen atoms in total. The van der Waals surface area contributed by atoms with Crippen LogP contribution in [-0.4, -0.2) is 110 Å². The number of amides is 2. The zero-order valence-corrected chi connectivity index (χ0v) is 21.8. The Labute approximate surface area is 208 Å². The maximum Gasteiger partial charge on any atom is 0.243 e. The Kier molecular flexibility index (Phi) is 10.8. The average Bonchev–Trinajstić information content (AvgIpc) is 3.49. The van der Waals surface area contributed by atoms with Crippen LogP contribution in [-0.2, 0) is 16.0 Å². The van der Waals surface area contributed by atoms with Crippen LogP contribution in [0.15, 0.2) is 27.8 Å². The van der Waals surface area contributed by atoms with Gasteiger partial charge >= 0.3 is 0 Å². The molecule has 3 heterocycles. The molecule has 1 N–H and O–H groups in total. The molecule has 3 rings (SSSR count). The van der Waals surface area contributed by atoms with Crippen LogP contribution < -0.4 is 5.32 Å². The molecular formula is C22H37IN6O3. The summed E-state index contributed by atoms with van der Waals surface area (Å²) >= 11 is 0. The molecule has 1 aromatic heterocycles. The number of furan rings is 1. The van der Waals surface area contributed by atoms with E-state index in [0.717, 1.165) is 70.3 Å². The SMILES string of the molecule is CC(C(=O)N1CCCC1)N1CCN(C(=NCC(=O)N(C)C)NCCc2ccco2)CC1.I. The molecule has 0 aromatic carbocycles. The number of hydrogen-bond donors (Lipinski definition) is 1. The van der Waals surface area contributed by atoms with Crippen LogP contribution in [0.4, 0.5) is 0 Å². The fourth-order valence-corrected chi connectivity index (χ4v) is 3.98. The van der Waals surface area contributed by atoms with E-state index in [-0.39, 0.29) is 48.4 Å². The molecule has 2 aliphatic heterocycles. The third kappa shape index (κ3) is 7.36. The van der Waals surface area contributed by atoms with Crippen molar-refractivity contribution in [1.29, 1.82) is 0 Å². The summed E-state index contributed by atoms with van der Waals surface area (Å²) in [5.74, 6) is 1.86. The number of nitrogens with zero attached hydrogens (tertiary/aromatic N) is 5. The van der Waals surface area contributed by atoms with Crippen LogP contribution in [0.5, 0.6) is 0 Å². The van der Waals surface area contributed by atoms with E-state index in [4.69, 9.17) is 4.42 Å². The Morgan fingerprint density at radius 2 is 1.81 bits per heavy atom. The van der Waals surface area contributed by atoms with Crippen molar-refractivity contribution in [3.05, 3.63) is 24.2 Å². The van der Waals surface area contributed by atoms with Crippen molar-refractivity contribution in [3.63, 3.8) is 0 Å². The first-order valence-electron chi connectivity index (χ1n) is 11.2. The van der Waals surface area contributed by atoms with Crippen LogP contribution in [0.1, 0.15) is 25.5 Å². The summed E-state index contributed by atoms with van der Waals surface area (Å²) in [7, 11) is 3.47. The van der Waals surface area contributed by atoms with E-state index in [1.54, 1.807) is 25.3 Å². The highest BCUT2D eigenvalue weighted by atomic mass is 127. The van der Waals surface area contributed by atoms with Gasteiger partial charge in [-0.3, -0.25) is 14.5 Å². The number of likely N-dealkylation sites (tertiary alicyclic amines) is 1. The lowest BCUT2D eigenvalue weighted by molar-refractivity contribution is -0.135. The third-order valence-electron chi connectivity index (χ3n) is 6.03. The number of rotatable bonds is 7. The molecule has 10 heteroatoms. The molecule has 0 bridgehead atoms. The summed E-state index contributed by atoms with van der Waals surface area (Å²) in [5, 5.41) is 3.39. The van der Waals surface area contributed by atoms with Gasteiger partial charge in [0.2, 0.25) is 11.8 Å². The van der Waals surface area contributed by atoms with Crippen LogP contribution in [0.25, 0.3) is 0 Å². The van der Waals surface area contributed by atoms with Gasteiger partial charge in [0.25, 0.3) is 0 Å². The first kappa shape index (κ1) is 26.4. The first-order chi connectivity index (χ1) is 15.0. The fourth-order valence-electron chi connectivity index (χ4n) is 3.98. The monoisotopic (exact) mass is 560 g/mol. The predicted octanol–water partition coefficient (Wildman–Crippen LogP) is 1.10. The number of hydrogen-bond acceptors (Lipinski definition) is 5. The topological polar surface area (TPSA) is 84.6 Å². The summed E-state index contributed by atoms with van der Waals surface area (Å²) in [6.07, 6.45) is 4.64. The number of piperazine rings is 1. The van der Waals surface area contributed by atoms with Crippen molar-refractivity contribution >= 4 is 41.8 Å². The molecule has 2 amide bonds. The summed E-state index contributed by atoms with van der Waals surface area (Å²) in [6.45, 7) is 7.69. The number of aliphatic imine (C=N–C) groups is 1. The van der Waals surface area contributed by atoms with Gasteiger partial charge in [-0.05, 0) is 31.9 Å². The highest BCUT2D eigenvalue weighted by molar-refractivity contribution is 14.0. The summed E-state index contributed by atoms with van der Waals surface area (Å²) in [6, 6.07) is 3.73. The predicted molar refractivity (Wildman–Crippen MR) is 135 cm³/mol. The first-order valence-corrected chi connectivity index (χ1v) is 11.2. The van der Waals surface area contributed by atoms with E-state index in [1.165, 1.54) is 0 Å². The smallest absolute Gasteiger partial charge is 0.243 e. The van der Waals surface area contributed by atoms with Gasteiger partial charge in [0.05, 0.1) is 12.3 Å². The molecule has 1 aromatic rings. The normalized spacial score (nSPS) is 18.3. The summed E-state index contributed by atoms with van der Waals surface area (Å²) in [4.78, 5) is 37.3. The van der Waals surface area contributed by atoms with E-state index in [1.807, 2.05) is 24.0 Å². The minimum atomic E-state index is -0.0946. The van der Waals surface area contributed by atoms with Gasteiger partial charge in [-0.2, -0.15) is 0 Å². The molecule has 0 aliphatic carbocycles. The van der Waals surface area contributed by atoms with E-state index in [2.05, 4.69) is 20.1 Å². The quantitative estimate of drug-likeness (QED) is 0.306. The van der Waals surface area contributed by atoms with Crippen LogP contribution in [0, 0.1) is 0 Å². The number of guanidine groups is 1. The third-order valence-corrected chi connectivity index (χ3v) is 6.03. The van der Waals surface area contributed by atoms with Crippen molar-refractivity contribution in [2.45, 2.75) is 32.2 Å². The standard InChI is InChI=1S/C22H36N6O3.HI/c1-18(21(30)27-10-4-5-11-27)26-12-14-28(15-13-26)22(24-17-20(29)25(2)3)23-9-8-19-7-6-16-31-19;/h6-7,16,18H,4-5,8-15,17H2,1-3H3,(H,23,24);1H. The van der Waals surface area contributed by atoms with Crippen molar-refractivity contribution in [1.82, 2.24) is 24.9 Å². The number of carbonyl (C=O) groups is 2. The van der Waals surface area contributed by atoms with Crippen molar-refractivity contribution in [2.24, 2.45) is 4.99 Å². The second-order valence-electron chi connectivity index (χ2n) is 8.42. The van der Waals surface area contributed by atoms with E-state index in [9.17, 15) is 9.59 Å². The molecule has 0 saturated carbocycles. The second-order valence-corrected chi connectivity index (χ2v) is 8.42. The number of nitrogens with one attached hydrogen (secondary N) is 1. The van der Waals surface area contributed by atoms with E-state index >= 15 is 0 Å². The van der Waals surface area contributed by atoms with Gasteiger partial charge in [0.15, 0.2) is 5.96 Å². The van der Waals surface area contributed by atoms with Gasteiger partial charge in [-0.1, -0.05) is 0 Å². The fraction of sp³-hybridized carbons (Fsp3) is 0.682. The van der Waals surface area contributed by atoms with Crippen LogP contribution in [0.3, 0.4) is 0 Å². The molecule has 2 fully saturated rings. The summed E-state index contributed by atoms with van der Waals surface area (Å²) < 4.78 is 5.40. The van der Waals surface area contributed by atoms with Gasteiger partial charge in [-0.15, -0.1) is 24.0 Å². The maximum atomic E-state index is 12.7. The maximum absolute atomic E-state index is 12.7. The highest BCUT2D eigenvalue weighted by Gasteiger charge is 2.30. The molecule has 2 saturated heterocycles. The molecular weight excluding hydrogens is 523 g/mol. The number of likely N-dealkylation sites (N-methyl/N-ethyl adjacent to an activating group) is 1. The molecule has 0 radical (unpaired) electrons. The van der Waals surface area contributed by atoms with Gasteiger partial charge in [-0.25, -0.2) is 4.99 Å². The Hall–Kier alpha value is -1.82. The van der Waals surface area contributed by atoms with Gasteiger partial charge < -0.3 is 24.4 Å². The Balaban J connectivity index is 0.00000363. The molecule has 0 spiro atoms. The van der Waals surface area contributed by atoms with Crippen molar-refractivity contribution < 1.29 is 14.0 Å².